The summed E-state index contributed by atoms with van der Waals surface area (Å²) in [6, 6.07) is 0.474. The molecule has 18 heavy (non-hydrogen) atoms. The van der Waals surface area contributed by atoms with Crippen LogP contribution in [0.3, 0.4) is 0 Å². The first kappa shape index (κ1) is 15.4. The molecule has 2 atom stereocenters. The normalized spacial score (nSPS) is 24.2. The van der Waals surface area contributed by atoms with E-state index in [9.17, 15) is 4.79 Å². The Morgan fingerprint density at radius 2 is 2.17 bits per heavy atom. The van der Waals surface area contributed by atoms with E-state index in [1.165, 1.54) is 6.42 Å². The van der Waals surface area contributed by atoms with E-state index >= 15 is 0 Å². The van der Waals surface area contributed by atoms with Gasteiger partial charge in [-0.05, 0) is 45.8 Å². The third-order valence-corrected chi connectivity index (χ3v) is 3.71. The first-order valence-electron chi connectivity index (χ1n) is 7.40. The van der Waals surface area contributed by atoms with E-state index in [1.54, 1.807) is 0 Å². The molecule has 0 aliphatic carbocycles. The summed E-state index contributed by atoms with van der Waals surface area (Å²) in [6.45, 7) is 11.4. The van der Waals surface area contributed by atoms with Crippen LogP contribution in [0.2, 0.25) is 0 Å². The van der Waals surface area contributed by atoms with Crippen molar-refractivity contribution in [3.63, 3.8) is 0 Å². The lowest BCUT2D eigenvalue weighted by Crippen LogP contribution is -2.44. The summed E-state index contributed by atoms with van der Waals surface area (Å²) in [5.74, 6) is 0.457. The molecular formula is C14H29N3O. The molecule has 0 aromatic rings. The second-order valence-electron chi connectivity index (χ2n) is 5.30. The van der Waals surface area contributed by atoms with Gasteiger partial charge in [0.25, 0.3) is 0 Å². The molecule has 106 valence electrons. The summed E-state index contributed by atoms with van der Waals surface area (Å²) in [5.41, 5.74) is 0. The standard InChI is InChI=1S/C14H29N3O/c1-4-9-17(5-2)10-8-16-14(18)13-6-7-15-12(3)11-13/h12-13,15H,4-11H2,1-3H3,(H,16,18)/t12-,13-/m0/s1. The Morgan fingerprint density at radius 3 is 2.78 bits per heavy atom. The third-order valence-electron chi connectivity index (χ3n) is 3.71. The van der Waals surface area contributed by atoms with Gasteiger partial charge in [-0.3, -0.25) is 4.79 Å². The van der Waals surface area contributed by atoms with Crippen molar-refractivity contribution in [2.75, 3.05) is 32.7 Å². The number of nitrogens with zero attached hydrogens (tertiary/aromatic N) is 1. The fourth-order valence-electron chi connectivity index (χ4n) is 2.60. The third kappa shape index (κ3) is 5.36. The fourth-order valence-corrected chi connectivity index (χ4v) is 2.60. The maximum Gasteiger partial charge on any atom is 0.223 e. The molecule has 0 bridgehead atoms. The van der Waals surface area contributed by atoms with Crippen LogP contribution < -0.4 is 10.6 Å². The minimum Gasteiger partial charge on any atom is -0.355 e. The average Bonchev–Trinajstić information content (AvgIpc) is 2.37. The number of carbonyl (C=O) groups excluding carboxylic acids is 1. The molecule has 0 saturated carbocycles. The van der Waals surface area contributed by atoms with Crippen molar-refractivity contribution in [1.29, 1.82) is 0 Å². The van der Waals surface area contributed by atoms with Crippen LogP contribution in [-0.2, 0) is 4.79 Å². The van der Waals surface area contributed by atoms with E-state index in [0.717, 1.165) is 45.6 Å². The molecule has 1 rings (SSSR count). The van der Waals surface area contributed by atoms with Crippen LogP contribution in [0.15, 0.2) is 0 Å². The number of piperidine rings is 1. The maximum atomic E-state index is 12.0. The first-order valence-corrected chi connectivity index (χ1v) is 7.40. The Bertz CT molecular complexity index is 245. The van der Waals surface area contributed by atoms with Crippen molar-refractivity contribution >= 4 is 5.91 Å². The van der Waals surface area contributed by atoms with E-state index < -0.39 is 0 Å². The van der Waals surface area contributed by atoms with Gasteiger partial charge >= 0.3 is 0 Å². The second kappa shape index (κ2) is 8.48. The number of nitrogens with one attached hydrogen (secondary N) is 2. The van der Waals surface area contributed by atoms with Crippen LogP contribution in [0.4, 0.5) is 0 Å². The summed E-state index contributed by atoms with van der Waals surface area (Å²) in [5, 5.41) is 6.47. The lowest BCUT2D eigenvalue weighted by atomic mass is 9.92. The molecule has 4 heteroatoms. The van der Waals surface area contributed by atoms with Crippen molar-refractivity contribution in [1.82, 2.24) is 15.5 Å². The second-order valence-corrected chi connectivity index (χ2v) is 5.30. The van der Waals surface area contributed by atoms with E-state index in [0.29, 0.717) is 6.04 Å². The molecule has 1 heterocycles. The van der Waals surface area contributed by atoms with Gasteiger partial charge in [-0.2, -0.15) is 0 Å². The average molecular weight is 255 g/mol. The van der Waals surface area contributed by atoms with E-state index in [2.05, 4.69) is 36.3 Å². The molecule has 0 spiro atoms. The molecule has 0 radical (unpaired) electrons. The molecule has 0 unspecified atom stereocenters. The monoisotopic (exact) mass is 255 g/mol. The van der Waals surface area contributed by atoms with Crippen molar-refractivity contribution in [3.05, 3.63) is 0 Å². The summed E-state index contributed by atoms with van der Waals surface area (Å²) in [6.07, 6.45) is 3.12. The predicted molar refractivity (Wildman–Crippen MR) is 75.6 cm³/mol. The SMILES string of the molecule is CCCN(CC)CCNC(=O)[C@H]1CCN[C@@H](C)C1. The van der Waals surface area contributed by atoms with E-state index in [-0.39, 0.29) is 11.8 Å². The number of carbonyl (C=O) groups is 1. The van der Waals surface area contributed by atoms with Gasteiger partial charge in [0.05, 0.1) is 0 Å². The number of hydrogen-bond acceptors (Lipinski definition) is 3. The van der Waals surface area contributed by atoms with E-state index in [4.69, 9.17) is 0 Å². The number of likely N-dealkylation sites (N-methyl/N-ethyl adjacent to an activating group) is 1. The zero-order valence-corrected chi connectivity index (χ0v) is 12.2. The van der Waals surface area contributed by atoms with Crippen molar-refractivity contribution in [2.24, 2.45) is 5.92 Å². The molecule has 1 saturated heterocycles. The highest BCUT2D eigenvalue weighted by Crippen LogP contribution is 2.15. The molecule has 0 aromatic heterocycles. The number of rotatable bonds is 7. The molecule has 1 aliphatic heterocycles. The maximum absolute atomic E-state index is 12.0. The van der Waals surface area contributed by atoms with Crippen LogP contribution >= 0.6 is 0 Å². The number of hydrogen-bond donors (Lipinski definition) is 2. The minimum absolute atomic E-state index is 0.211. The number of amides is 1. The molecule has 1 aliphatic rings. The Labute approximate surface area is 111 Å². The molecule has 4 nitrogen and oxygen atoms in total. The molecule has 1 amide bonds. The van der Waals surface area contributed by atoms with Gasteiger partial charge < -0.3 is 15.5 Å². The van der Waals surface area contributed by atoms with Gasteiger partial charge in [0.15, 0.2) is 0 Å². The van der Waals surface area contributed by atoms with E-state index in [1.807, 2.05) is 0 Å². The van der Waals surface area contributed by atoms with Crippen LogP contribution in [0.5, 0.6) is 0 Å². The lowest BCUT2D eigenvalue weighted by Gasteiger charge is -2.27. The Balaban J connectivity index is 2.19. The minimum atomic E-state index is 0.211. The predicted octanol–water partition coefficient (Wildman–Crippen LogP) is 1.22. The van der Waals surface area contributed by atoms with Crippen LogP contribution in [-0.4, -0.2) is 49.6 Å². The van der Waals surface area contributed by atoms with Crippen molar-refractivity contribution in [2.45, 2.75) is 46.1 Å². The summed E-state index contributed by atoms with van der Waals surface area (Å²) < 4.78 is 0. The topological polar surface area (TPSA) is 44.4 Å². The highest BCUT2D eigenvalue weighted by atomic mass is 16.1. The van der Waals surface area contributed by atoms with Crippen LogP contribution in [0.25, 0.3) is 0 Å². The van der Waals surface area contributed by atoms with Gasteiger partial charge in [0, 0.05) is 25.0 Å². The Kier molecular flexibility index (Phi) is 7.28. The van der Waals surface area contributed by atoms with Crippen molar-refractivity contribution in [3.8, 4) is 0 Å². The molecule has 1 fully saturated rings. The molecular weight excluding hydrogens is 226 g/mol. The zero-order chi connectivity index (χ0) is 13.4. The van der Waals surface area contributed by atoms with Gasteiger partial charge in [-0.15, -0.1) is 0 Å². The lowest BCUT2D eigenvalue weighted by molar-refractivity contribution is -0.126. The van der Waals surface area contributed by atoms with Crippen LogP contribution in [0, 0.1) is 5.92 Å². The molecule has 2 N–H and O–H groups in total. The summed E-state index contributed by atoms with van der Waals surface area (Å²) in [7, 11) is 0. The van der Waals surface area contributed by atoms with Gasteiger partial charge in [-0.25, -0.2) is 0 Å². The highest BCUT2D eigenvalue weighted by molar-refractivity contribution is 5.78. The molecule has 0 aromatic carbocycles. The Morgan fingerprint density at radius 1 is 1.39 bits per heavy atom. The quantitative estimate of drug-likeness (QED) is 0.719. The Hall–Kier alpha value is -0.610. The first-order chi connectivity index (χ1) is 8.67. The highest BCUT2D eigenvalue weighted by Gasteiger charge is 2.24. The zero-order valence-electron chi connectivity index (χ0n) is 12.2. The van der Waals surface area contributed by atoms with Gasteiger partial charge in [-0.1, -0.05) is 13.8 Å². The largest absolute Gasteiger partial charge is 0.355 e. The van der Waals surface area contributed by atoms with Gasteiger partial charge in [0.1, 0.15) is 0 Å². The van der Waals surface area contributed by atoms with Gasteiger partial charge in [0.2, 0.25) is 5.91 Å². The smallest absolute Gasteiger partial charge is 0.223 e. The summed E-state index contributed by atoms with van der Waals surface area (Å²) in [4.78, 5) is 14.4. The summed E-state index contributed by atoms with van der Waals surface area (Å²) >= 11 is 0. The van der Waals surface area contributed by atoms with Crippen LogP contribution in [0.1, 0.15) is 40.0 Å². The fraction of sp³-hybridized carbons (Fsp3) is 0.929. The van der Waals surface area contributed by atoms with Crippen molar-refractivity contribution < 1.29 is 4.79 Å².